The number of amides is 1. The van der Waals surface area contributed by atoms with Gasteiger partial charge in [0.05, 0.1) is 18.1 Å². The van der Waals surface area contributed by atoms with E-state index in [0.29, 0.717) is 31.4 Å². The van der Waals surface area contributed by atoms with Gasteiger partial charge in [0.25, 0.3) is 0 Å². The summed E-state index contributed by atoms with van der Waals surface area (Å²) in [7, 11) is -1.30. The van der Waals surface area contributed by atoms with Crippen LogP contribution >= 0.6 is 0 Å². The average molecular weight is 362 g/mol. The summed E-state index contributed by atoms with van der Waals surface area (Å²) < 4.78 is 28.0. The van der Waals surface area contributed by atoms with Crippen molar-refractivity contribution in [3.63, 3.8) is 0 Å². The zero-order valence-electron chi connectivity index (χ0n) is 15.0. The predicted molar refractivity (Wildman–Crippen MR) is 95.0 cm³/mol. The standard InChI is InChI=1S/C15H30N4O4S/c1-5-23-15(20)19-13(8-11(2)3)9-17-14(16-4)18-12-6-7-24(21,22)10-12/h11-13H,5-10H2,1-4H3,(H,19,20)(H2,16,17,18). The summed E-state index contributed by atoms with van der Waals surface area (Å²) in [6.07, 6.45) is 0.940. The van der Waals surface area contributed by atoms with E-state index in [0.717, 1.165) is 6.42 Å². The molecule has 9 heteroatoms. The Bertz CT molecular complexity index is 534. The largest absolute Gasteiger partial charge is 0.450 e. The normalized spacial score (nSPS) is 21.4. The molecule has 1 aliphatic heterocycles. The van der Waals surface area contributed by atoms with Gasteiger partial charge in [0, 0.05) is 25.7 Å². The first-order valence-electron chi connectivity index (χ1n) is 8.36. The number of sulfone groups is 1. The molecule has 24 heavy (non-hydrogen) atoms. The van der Waals surface area contributed by atoms with Crippen molar-refractivity contribution in [1.82, 2.24) is 16.0 Å². The maximum Gasteiger partial charge on any atom is 0.407 e. The van der Waals surface area contributed by atoms with Gasteiger partial charge in [-0.2, -0.15) is 0 Å². The van der Waals surface area contributed by atoms with E-state index in [2.05, 4.69) is 34.8 Å². The molecule has 1 amide bonds. The third kappa shape index (κ3) is 7.85. The molecule has 0 aromatic carbocycles. The molecule has 0 aromatic rings. The molecule has 0 spiro atoms. The van der Waals surface area contributed by atoms with Crippen LogP contribution in [0.25, 0.3) is 0 Å². The highest BCUT2D eigenvalue weighted by atomic mass is 32.2. The zero-order chi connectivity index (χ0) is 18.2. The summed E-state index contributed by atoms with van der Waals surface area (Å²) in [5.41, 5.74) is 0. The lowest BCUT2D eigenvalue weighted by Crippen LogP contribution is -2.50. The molecule has 1 rings (SSSR count). The molecule has 0 aromatic heterocycles. The first kappa shape index (κ1) is 20.5. The molecule has 0 bridgehead atoms. The monoisotopic (exact) mass is 362 g/mol. The van der Waals surface area contributed by atoms with Crippen LogP contribution in [0.4, 0.5) is 4.79 Å². The highest BCUT2D eigenvalue weighted by molar-refractivity contribution is 7.91. The van der Waals surface area contributed by atoms with Gasteiger partial charge in [0.15, 0.2) is 15.8 Å². The molecule has 0 saturated carbocycles. The van der Waals surface area contributed by atoms with Crippen LogP contribution in [0, 0.1) is 5.92 Å². The topological polar surface area (TPSA) is 109 Å². The second-order valence-corrected chi connectivity index (χ2v) is 8.62. The van der Waals surface area contributed by atoms with Gasteiger partial charge in [-0.1, -0.05) is 13.8 Å². The van der Waals surface area contributed by atoms with Crippen LogP contribution in [0.5, 0.6) is 0 Å². The smallest absolute Gasteiger partial charge is 0.407 e. The first-order chi connectivity index (χ1) is 11.3. The number of aliphatic imine (C=N–C) groups is 1. The lowest BCUT2D eigenvalue weighted by Gasteiger charge is -2.23. The fourth-order valence-electron chi connectivity index (χ4n) is 2.62. The molecule has 1 saturated heterocycles. The van der Waals surface area contributed by atoms with Gasteiger partial charge in [-0.3, -0.25) is 4.99 Å². The minimum Gasteiger partial charge on any atom is -0.450 e. The molecule has 1 heterocycles. The van der Waals surface area contributed by atoms with Crippen LogP contribution in [0.2, 0.25) is 0 Å². The van der Waals surface area contributed by atoms with E-state index < -0.39 is 15.9 Å². The van der Waals surface area contributed by atoms with Gasteiger partial charge in [-0.15, -0.1) is 0 Å². The average Bonchev–Trinajstić information content (AvgIpc) is 2.81. The number of nitrogens with one attached hydrogen (secondary N) is 3. The van der Waals surface area contributed by atoms with Gasteiger partial charge >= 0.3 is 6.09 Å². The second kappa shape index (κ2) is 9.71. The number of rotatable bonds is 7. The number of nitrogens with zero attached hydrogens (tertiary/aromatic N) is 1. The maximum absolute atomic E-state index is 11.6. The van der Waals surface area contributed by atoms with Gasteiger partial charge in [-0.05, 0) is 25.7 Å². The fraction of sp³-hybridized carbons (Fsp3) is 0.867. The van der Waals surface area contributed by atoms with Crippen molar-refractivity contribution in [2.24, 2.45) is 10.9 Å². The summed E-state index contributed by atoms with van der Waals surface area (Å²) >= 11 is 0. The van der Waals surface area contributed by atoms with Crippen molar-refractivity contribution < 1.29 is 17.9 Å². The lowest BCUT2D eigenvalue weighted by molar-refractivity contribution is 0.146. The molecule has 1 aliphatic rings. The molecule has 0 aliphatic carbocycles. The van der Waals surface area contributed by atoms with E-state index in [9.17, 15) is 13.2 Å². The van der Waals surface area contributed by atoms with Crippen molar-refractivity contribution in [2.45, 2.75) is 45.7 Å². The van der Waals surface area contributed by atoms with Crippen LogP contribution in [0.1, 0.15) is 33.6 Å². The molecular formula is C15H30N4O4S. The number of carbonyl (C=O) groups excluding carboxylic acids is 1. The number of carbonyl (C=O) groups is 1. The Balaban J connectivity index is 2.51. The second-order valence-electron chi connectivity index (χ2n) is 6.39. The van der Waals surface area contributed by atoms with E-state index in [1.807, 2.05) is 0 Å². The van der Waals surface area contributed by atoms with Crippen LogP contribution < -0.4 is 16.0 Å². The summed E-state index contributed by atoms with van der Waals surface area (Å²) in [6, 6.07) is -0.224. The van der Waals surface area contributed by atoms with Crippen molar-refractivity contribution in [3.8, 4) is 0 Å². The minimum atomic E-state index is -2.94. The molecule has 0 radical (unpaired) electrons. The molecule has 2 atom stereocenters. The van der Waals surface area contributed by atoms with Crippen LogP contribution in [-0.4, -0.2) is 64.3 Å². The van der Waals surface area contributed by atoms with Crippen molar-refractivity contribution in [3.05, 3.63) is 0 Å². The quantitative estimate of drug-likeness (QED) is 0.449. The number of alkyl carbamates (subject to hydrolysis) is 1. The lowest BCUT2D eigenvalue weighted by atomic mass is 10.0. The van der Waals surface area contributed by atoms with Crippen LogP contribution in [-0.2, 0) is 14.6 Å². The summed E-state index contributed by atoms with van der Waals surface area (Å²) in [5.74, 6) is 1.29. The highest BCUT2D eigenvalue weighted by Gasteiger charge is 2.28. The Morgan fingerprint density at radius 3 is 2.58 bits per heavy atom. The molecule has 1 fully saturated rings. The van der Waals surface area contributed by atoms with E-state index in [4.69, 9.17) is 4.74 Å². The Hall–Kier alpha value is -1.51. The molecule has 3 N–H and O–H groups in total. The molecule has 140 valence electrons. The number of hydrogen-bond acceptors (Lipinski definition) is 5. The van der Waals surface area contributed by atoms with Gasteiger partial charge < -0.3 is 20.7 Å². The Morgan fingerprint density at radius 2 is 2.08 bits per heavy atom. The molecule has 2 unspecified atom stereocenters. The zero-order valence-corrected chi connectivity index (χ0v) is 15.8. The number of hydrogen-bond donors (Lipinski definition) is 3. The minimum absolute atomic E-state index is 0.102. The van der Waals surface area contributed by atoms with Gasteiger partial charge in [0.2, 0.25) is 0 Å². The Kier molecular flexibility index (Phi) is 8.30. The molecule has 8 nitrogen and oxygen atoms in total. The predicted octanol–water partition coefficient (Wildman–Crippen LogP) is 0.499. The van der Waals surface area contributed by atoms with Gasteiger partial charge in [-0.25, -0.2) is 13.2 Å². The van der Waals surface area contributed by atoms with Crippen molar-refractivity contribution in [2.75, 3.05) is 31.7 Å². The number of ether oxygens (including phenoxy) is 1. The number of guanidine groups is 1. The van der Waals surface area contributed by atoms with E-state index in [1.54, 1.807) is 14.0 Å². The summed E-state index contributed by atoms with van der Waals surface area (Å²) in [5, 5.41) is 9.11. The summed E-state index contributed by atoms with van der Waals surface area (Å²) in [4.78, 5) is 15.7. The first-order valence-corrected chi connectivity index (χ1v) is 10.2. The van der Waals surface area contributed by atoms with Crippen molar-refractivity contribution in [1.29, 1.82) is 0 Å². The maximum atomic E-state index is 11.6. The summed E-state index contributed by atoms with van der Waals surface area (Å²) in [6.45, 7) is 6.73. The van der Waals surface area contributed by atoms with Crippen LogP contribution in [0.15, 0.2) is 4.99 Å². The third-order valence-electron chi connectivity index (χ3n) is 3.67. The highest BCUT2D eigenvalue weighted by Crippen LogP contribution is 2.11. The SMILES string of the molecule is CCOC(=O)NC(CNC(=NC)NC1CCS(=O)(=O)C1)CC(C)C. The third-order valence-corrected chi connectivity index (χ3v) is 5.43. The van der Waals surface area contributed by atoms with E-state index >= 15 is 0 Å². The molecular weight excluding hydrogens is 332 g/mol. The Labute approximate surface area is 144 Å². The van der Waals surface area contributed by atoms with Crippen molar-refractivity contribution >= 4 is 21.9 Å². The fourth-order valence-corrected chi connectivity index (χ4v) is 4.29. The van der Waals surface area contributed by atoms with Gasteiger partial charge in [0.1, 0.15) is 0 Å². The van der Waals surface area contributed by atoms with E-state index in [1.165, 1.54) is 0 Å². The van der Waals surface area contributed by atoms with Crippen LogP contribution in [0.3, 0.4) is 0 Å². The van der Waals surface area contributed by atoms with E-state index in [-0.39, 0.29) is 23.6 Å². The Morgan fingerprint density at radius 1 is 1.38 bits per heavy atom.